The summed E-state index contributed by atoms with van der Waals surface area (Å²) in [7, 11) is 1.88. The molecule has 19 heavy (non-hydrogen) atoms. The Bertz CT molecular complexity index is 542. The summed E-state index contributed by atoms with van der Waals surface area (Å²) >= 11 is 9.61. The highest BCUT2D eigenvalue weighted by Gasteiger charge is 2.21. The number of hydrogen-bond acceptors (Lipinski definition) is 3. The van der Waals surface area contributed by atoms with Gasteiger partial charge >= 0.3 is 0 Å². The second kappa shape index (κ2) is 6.03. The lowest BCUT2D eigenvalue weighted by molar-refractivity contribution is 0.567. The summed E-state index contributed by atoms with van der Waals surface area (Å²) < 4.78 is 2.52. The highest BCUT2D eigenvalue weighted by atomic mass is 79.9. The first-order chi connectivity index (χ1) is 9.02. The standard InChI is InChI=1S/C13H16BrClN4/c1-4-16-11(12-13(14)17-18-19(12)3)9-5-8(2)6-10(15)7-9/h5-7,11,16H,4H2,1-3H3. The molecule has 0 spiro atoms. The molecule has 0 aliphatic heterocycles. The van der Waals surface area contributed by atoms with Gasteiger partial charge in [-0.05, 0) is 52.7 Å². The number of nitrogens with zero attached hydrogens (tertiary/aromatic N) is 3. The van der Waals surface area contributed by atoms with Crippen LogP contribution in [-0.2, 0) is 7.05 Å². The second-order valence-corrected chi connectivity index (χ2v) is 5.63. The Kier molecular flexibility index (Phi) is 4.60. The van der Waals surface area contributed by atoms with Crippen molar-refractivity contribution in [1.82, 2.24) is 20.3 Å². The molecule has 1 aromatic carbocycles. The first-order valence-electron chi connectivity index (χ1n) is 6.08. The molecule has 1 N–H and O–H groups in total. The van der Waals surface area contributed by atoms with E-state index in [-0.39, 0.29) is 6.04 Å². The molecule has 102 valence electrons. The van der Waals surface area contributed by atoms with Crippen molar-refractivity contribution < 1.29 is 0 Å². The summed E-state index contributed by atoms with van der Waals surface area (Å²) in [5, 5.41) is 12.3. The van der Waals surface area contributed by atoms with Gasteiger partial charge in [-0.2, -0.15) is 0 Å². The summed E-state index contributed by atoms with van der Waals surface area (Å²) in [4.78, 5) is 0. The van der Waals surface area contributed by atoms with E-state index in [2.05, 4.69) is 44.5 Å². The van der Waals surface area contributed by atoms with Crippen LogP contribution >= 0.6 is 27.5 Å². The van der Waals surface area contributed by atoms with Gasteiger partial charge in [-0.1, -0.05) is 29.8 Å². The average molecular weight is 344 g/mol. The van der Waals surface area contributed by atoms with Crippen LogP contribution in [0.2, 0.25) is 5.02 Å². The molecule has 0 radical (unpaired) electrons. The number of rotatable bonds is 4. The second-order valence-electron chi connectivity index (χ2n) is 4.44. The quantitative estimate of drug-likeness (QED) is 0.927. The molecule has 4 nitrogen and oxygen atoms in total. The van der Waals surface area contributed by atoms with E-state index in [1.54, 1.807) is 4.68 Å². The first kappa shape index (κ1) is 14.5. The first-order valence-corrected chi connectivity index (χ1v) is 7.25. The van der Waals surface area contributed by atoms with Gasteiger partial charge in [-0.25, -0.2) is 4.68 Å². The fraction of sp³-hybridized carbons (Fsp3) is 0.385. The minimum atomic E-state index is 0.0109. The third-order valence-corrected chi connectivity index (χ3v) is 3.69. The van der Waals surface area contributed by atoms with Crippen LogP contribution in [-0.4, -0.2) is 21.5 Å². The molecule has 0 saturated carbocycles. The normalized spacial score (nSPS) is 12.7. The van der Waals surface area contributed by atoms with Gasteiger partial charge in [0, 0.05) is 12.1 Å². The lowest BCUT2D eigenvalue weighted by Crippen LogP contribution is -2.24. The predicted molar refractivity (Wildman–Crippen MR) is 80.4 cm³/mol. The van der Waals surface area contributed by atoms with Gasteiger partial charge in [0.25, 0.3) is 0 Å². The van der Waals surface area contributed by atoms with Crippen molar-refractivity contribution in [2.24, 2.45) is 7.05 Å². The minimum absolute atomic E-state index is 0.0109. The number of nitrogens with one attached hydrogen (secondary N) is 1. The molecule has 2 aromatic rings. The van der Waals surface area contributed by atoms with Crippen LogP contribution in [0.15, 0.2) is 22.8 Å². The van der Waals surface area contributed by atoms with Gasteiger partial charge in [0.2, 0.25) is 0 Å². The molecule has 0 saturated heterocycles. The Morgan fingerprint density at radius 1 is 1.42 bits per heavy atom. The summed E-state index contributed by atoms with van der Waals surface area (Å²) in [6.45, 7) is 4.95. The summed E-state index contributed by atoms with van der Waals surface area (Å²) in [6.07, 6.45) is 0. The summed E-state index contributed by atoms with van der Waals surface area (Å²) in [6, 6.07) is 6.06. The molecule has 0 bridgehead atoms. The number of benzene rings is 1. The maximum atomic E-state index is 6.16. The van der Waals surface area contributed by atoms with Crippen LogP contribution in [0, 0.1) is 6.92 Å². The summed E-state index contributed by atoms with van der Waals surface area (Å²) in [5.74, 6) is 0. The van der Waals surface area contributed by atoms with Crippen molar-refractivity contribution in [2.45, 2.75) is 19.9 Å². The molecule has 0 aliphatic carbocycles. The van der Waals surface area contributed by atoms with E-state index in [1.807, 2.05) is 26.1 Å². The fourth-order valence-corrected chi connectivity index (χ4v) is 3.01. The van der Waals surface area contributed by atoms with Gasteiger partial charge in [0.15, 0.2) is 4.60 Å². The van der Waals surface area contributed by atoms with Gasteiger partial charge in [-0.15, -0.1) is 5.10 Å². The van der Waals surface area contributed by atoms with E-state index in [4.69, 9.17) is 11.6 Å². The topological polar surface area (TPSA) is 42.7 Å². The van der Waals surface area contributed by atoms with Crippen LogP contribution in [0.5, 0.6) is 0 Å². The number of halogens is 2. The smallest absolute Gasteiger partial charge is 0.153 e. The molecular formula is C13H16BrClN4. The third-order valence-electron chi connectivity index (χ3n) is 2.91. The van der Waals surface area contributed by atoms with Crippen molar-refractivity contribution in [2.75, 3.05) is 6.54 Å². The molecule has 6 heteroatoms. The lowest BCUT2D eigenvalue weighted by Gasteiger charge is -2.19. The Balaban J connectivity index is 2.51. The average Bonchev–Trinajstić information content (AvgIpc) is 2.65. The monoisotopic (exact) mass is 342 g/mol. The SMILES string of the molecule is CCNC(c1cc(C)cc(Cl)c1)c1c(Br)nnn1C. The Morgan fingerprint density at radius 3 is 2.68 bits per heavy atom. The van der Waals surface area contributed by atoms with Crippen LogP contribution in [0.1, 0.15) is 29.8 Å². The largest absolute Gasteiger partial charge is 0.305 e. The molecule has 1 atom stereocenters. The molecule has 0 fully saturated rings. The van der Waals surface area contributed by atoms with Crippen LogP contribution in [0.4, 0.5) is 0 Å². The van der Waals surface area contributed by atoms with E-state index in [1.165, 1.54) is 0 Å². The van der Waals surface area contributed by atoms with Crippen LogP contribution in [0.25, 0.3) is 0 Å². The van der Waals surface area contributed by atoms with E-state index in [9.17, 15) is 0 Å². The highest BCUT2D eigenvalue weighted by Crippen LogP contribution is 2.29. The zero-order chi connectivity index (χ0) is 14.0. The number of aryl methyl sites for hydroxylation is 2. The molecule has 0 amide bonds. The Labute approximate surface area is 126 Å². The maximum absolute atomic E-state index is 6.16. The summed E-state index contributed by atoms with van der Waals surface area (Å²) in [5.41, 5.74) is 3.23. The predicted octanol–water partition coefficient (Wildman–Crippen LogP) is 3.24. The van der Waals surface area contributed by atoms with Crippen molar-refractivity contribution >= 4 is 27.5 Å². The number of aromatic nitrogens is 3. The van der Waals surface area contributed by atoms with E-state index in [0.29, 0.717) is 0 Å². The Hall–Kier alpha value is -0.910. The lowest BCUT2D eigenvalue weighted by atomic mass is 10.0. The molecule has 1 heterocycles. The van der Waals surface area contributed by atoms with Crippen molar-refractivity contribution in [3.05, 3.63) is 44.6 Å². The van der Waals surface area contributed by atoms with Gasteiger partial charge in [0.05, 0.1) is 11.7 Å². The molecule has 1 unspecified atom stereocenters. The van der Waals surface area contributed by atoms with E-state index < -0.39 is 0 Å². The number of hydrogen-bond donors (Lipinski definition) is 1. The van der Waals surface area contributed by atoms with Gasteiger partial charge in [-0.3, -0.25) is 0 Å². The van der Waals surface area contributed by atoms with Gasteiger partial charge < -0.3 is 5.32 Å². The Morgan fingerprint density at radius 2 is 2.16 bits per heavy atom. The molecular weight excluding hydrogens is 328 g/mol. The minimum Gasteiger partial charge on any atom is -0.305 e. The molecule has 1 aromatic heterocycles. The zero-order valence-electron chi connectivity index (χ0n) is 11.1. The van der Waals surface area contributed by atoms with Crippen LogP contribution < -0.4 is 5.32 Å². The van der Waals surface area contributed by atoms with E-state index in [0.717, 1.165) is 33.0 Å². The van der Waals surface area contributed by atoms with E-state index >= 15 is 0 Å². The van der Waals surface area contributed by atoms with Gasteiger partial charge in [0.1, 0.15) is 0 Å². The maximum Gasteiger partial charge on any atom is 0.153 e. The highest BCUT2D eigenvalue weighted by molar-refractivity contribution is 9.10. The zero-order valence-corrected chi connectivity index (χ0v) is 13.5. The molecule has 2 rings (SSSR count). The fourth-order valence-electron chi connectivity index (χ4n) is 2.15. The van der Waals surface area contributed by atoms with Crippen molar-refractivity contribution in [3.8, 4) is 0 Å². The van der Waals surface area contributed by atoms with Crippen molar-refractivity contribution in [3.63, 3.8) is 0 Å². The third kappa shape index (κ3) is 3.16. The van der Waals surface area contributed by atoms with Crippen LogP contribution in [0.3, 0.4) is 0 Å². The molecule has 0 aliphatic rings. The van der Waals surface area contributed by atoms with Crippen molar-refractivity contribution in [1.29, 1.82) is 0 Å².